The van der Waals surface area contributed by atoms with E-state index in [9.17, 15) is 15.0 Å². The van der Waals surface area contributed by atoms with E-state index in [0.29, 0.717) is 12.8 Å². The Balaban J connectivity index is 2.04. The molecule has 1 aromatic heterocycles. The highest BCUT2D eigenvalue weighted by atomic mass is 16.3. The number of carbonyl (C=O) groups is 1. The lowest BCUT2D eigenvalue weighted by molar-refractivity contribution is -0.131. The number of aliphatic hydroxyl groups excluding tert-OH is 2. The highest BCUT2D eigenvalue weighted by Crippen LogP contribution is 2.22. The molecule has 1 fully saturated rings. The molecule has 0 radical (unpaired) electrons. The molecule has 116 valence electrons. The Kier molecular flexibility index (Phi) is 5.14. The van der Waals surface area contributed by atoms with Crippen LogP contribution in [0.1, 0.15) is 31.4 Å². The van der Waals surface area contributed by atoms with E-state index in [-0.39, 0.29) is 11.9 Å². The number of aliphatic hydroxyl groups is 2. The second kappa shape index (κ2) is 6.87. The minimum Gasteiger partial charge on any atom is -0.390 e. The standard InChI is InChI=1S/C15H23N3O3/c1-17(12-5-3-4-6-13(19)15(12)21)14(20)8-7-11-9-10-16-18(11)2/h7-10,12-13,15,19,21H,3-6H2,1-2H3/b8-7+/t12-,13-,15-/m1/s1. The van der Waals surface area contributed by atoms with Gasteiger partial charge in [0.15, 0.2) is 0 Å². The first-order valence-corrected chi connectivity index (χ1v) is 7.29. The summed E-state index contributed by atoms with van der Waals surface area (Å²) >= 11 is 0. The minimum atomic E-state index is -0.883. The van der Waals surface area contributed by atoms with Gasteiger partial charge in [0.05, 0.1) is 17.8 Å². The molecule has 0 saturated heterocycles. The van der Waals surface area contributed by atoms with Crippen LogP contribution in [-0.2, 0) is 11.8 Å². The van der Waals surface area contributed by atoms with Crippen molar-refractivity contribution < 1.29 is 15.0 Å². The zero-order valence-corrected chi connectivity index (χ0v) is 12.5. The molecule has 2 N–H and O–H groups in total. The number of nitrogens with zero attached hydrogens (tertiary/aromatic N) is 3. The first-order valence-electron chi connectivity index (χ1n) is 7.29. The first kappa shape index (κ1) is 15.7. The van der Waals surface area contributed by atoms with Gasteiger partial charge in [-0.3, -0.25) is 9.48 Å². The molecule has 0 aromatic carbocycles. The molecule has 1 aliphatic rings. The van der Waals surface area contributed by atoms with Gasteiger partial charge in [0.1, 0.15) is 6.10 Å². The van der Waals surface area contributed by atoms with Crippen LogP contribution in [-0.4, -0.2) is 56.1 Å². The SMILES string of the molecule is CN(C(=O)/C=C/c1ccnn1C)[C@@H]1CCCC[C@@H](O)[C@@H]1O. The van der Waals surface area contributed by atoms with Gasteiger partial charge in [-0.25, -0.2) is 0 Å². The Labute approximate surface area is 124 Å². The number of hydrogen-bond acceptors (Lipinski definition) is 4. The Bertz CT molecular complexity index is 512. The Hall–Kier alpha value is -1.66. The largest absolute Gasteiger partial charge is 0.390 e. The maximum absolute atomic E-state index is 12.2. The molecule has 0 bridgehead atoms. The molecule has 0 aliphatic heterocycles. The average Bonchev–Trinajstić information content (AvgIpc) is 2.80. The Morgan fingerprint density at radius 2 is 2.14 bits per heavy atom. The molecular formula is C15H23N3O3. The molecule has 2 rings (SSSR count). The summed E-state index contributed by atoms with van der Waals surface area (Å²) in [4.78, 5) is 13.7. The fraction of sp³-hybridized carbons (Fsp3) is 0.600. The van der Waals surface area contributed by atoms with E-state index in [1.807, 2.05) is 6.07 Å². The third kappa shape index (κ3) is 3.71. The summed E-state index contributed by atoms with van der Waals surface area (Å²) in [6.07, 6.45) is 6.28. The second-order valence-corrected chi connectivity index (χ2v) is 5.57. The van der Waals surface area contributed by atoms with Crippen molar-refractivity contribution in [1.82, 2.24) is 14.7 Å². The molecule has 1 aliphatic carbocycles. The van der Waals surface area contributed by atoms with Crippen molar-refractivity contribution in [3.05, 3.63) is 24.0 Å². The predicted octanol–water partition coefficient (Wildman–Crippen LogP) is 0.556. The summed E-state index contributed by atoms with van der Waals surface area (Å²) in [5, 5.41) is 24.0. The van der Waals surface area contributed by atoms with Gasteiger partial charge in [-0.1, -0.05) is 12.8 Å². The lowest BCUT2D eigenvalue weighted by Gasteiger charge is -2.31. The van der Waals surface area contributed by atoms with Crippen molar-refractivity contribution in [3.63, 3.8) is 0 Å². The fourth-order valence-electron chi connectivity index (χ4n) is 2.71. The zero-order chi connectivity index (χ0) is 15.4. The summed E-state index contributed by atoms with van der Waals surface area (Å²) in [6, 6.07) is 1.47. The molecule has 3 atom stereocenters. The number of aryl methyl sites for hydroxylation is 1. The highest BCUT2D eigenvalue weighted by Gasteiger charge is 2.32. The van der Waals surface area contributed by atoms with Crippen LogP contribution in [0.25, 0.3) is 6.08 Å². The minimum absolute atomic E-state index is 0.186. The molecule has 6 heteroatoms. The molecular weight excluding hydrogens is 270 g/mol. The predicted molar refractivity (Wildman–Crippen MR) is 79.3 cm³/mol. The number of carbonyl (C=O) groups excluding carboxylic acids is 1. The smallest absolute Gasteiger partial charge is 0.246 e. The van der Waals surface area contributed by atoms with Gasteiger partial charge < -0.3 is 15.1 Å². The van der Waals surface area contributed by atoms with E-state index >= 15 is 0 Å². The third-order valence-electron chi connectivity index (χ3n) is 4.14. The van der Waals surface area contributed by atoms with E-state index < -0.39 is 12.2 Å². The molecule has 1 aromatic rings. The van der Waals surface area contributed by atoms with Crippen LogP contribution >= 0.6 is 0 Å². The van der Waals surface area contributed by atoms with Gasteiger partial charge in [-0.2, -0.15) is 5.10 Å². The topological polar surface area (TPSA) is 78.6 Å². The van der Waals surface area contributed by atoms with Gasteiger partial charge in [0.25, 0.3) is 0 Å². The molecule has 0 unspecified atom stereocenters. The summed E-state index contributed by atoms with van der Waals surface area (Å²) in [7, 11) is 3.47. The second-order valence-electron chi connectivity index (χ2n) is 5.57. The van der Waals surface area contributed by atoms with Crippen LogP contribution in [0, 0.1) is 0 Å². The molecule has 1 saturated carbocycles. The number of amides is 1. The van der Waals surface area contributed by atoms with Crippen LogP contribution in [0.2, 0.25) is 0 Å². The normalized spacial score (nSPS) is 26.8. The van der Waals surface area contributed by atoms with E-state index in [1.54, 1.807) is 31.1 Å². The average molecular weight is 293 g/mol. The van der Waals surface area contributed by atoms with Crippen molar-refractivity contribution >= 4 is 12.0 Å². The maximum atomic E-state index is 12.2. The van der Waals surface area contributed by atoms with E-state index in [2.05, 4.69) is 5.10 Å². The van der Waals surface area contributed by atoms with Crippen LogP contribution in [0.3, 0.4) is 0 Å². The zero-order valence-electron chi connectivity index (χ0n) is 12.5. The Morgan fingerprint density at radius 1 is 1.43 bits per heavy atom. The van der Waals surface area contributed by atoms with Crippen LogP contribution < -0.4 is 0 Å². The lowest BCUT2D eigenvalue weighted by atomic mass is 10.0. The van der Waals surface area contributed by atoms with Gasteiger partial charge in [0.2, 0.25) is 5.91 Å². The van der Waals surface area contributed by atoms with Crippen LogP contribution in [0.4, 0.5) is 0 Å². The van der Waals surface area contributed by atoms with E-state index in [1.165, 1.54) is 11.0 Å². The highest BCUT2D eigenvalue weighted by molar-refractivity contribution is 5.91. The van der Waals surface area contributed by atoms with E-state index in [0.717, 1.165) is 18.5 Å². The van der Waals surface area contributed by atoms with Crippen molar-refractivity contribution in [2.45, 2.75) is 43.9 Å². The van der Waals surface area contributed by atoms with Crippen LogP contribution in [0.5, 0.6) is 0 Å². The number of rotatable bonds is 3. The van der Waals surface area contributed by atoms with Gasteiger partial charge in [-0.05, 0) is 25.0 Å². The van der Waals surface area contributed by atoms with Crippen molar-refractivity contribution in [2.24, 2.45) is 7.05 Å². The van der Waals surface area contributed by atoms with Crippen molar-refractivity contribution in [3.8, 4) is 0 Å². The summed E-state index contributed by atoms with van der Waals surface area (Å²) < 4.78 is 1.67. The van der Waals surface area contributed by atoms with Crippen molar-refractivity contribution in [2.75, 3.05) is 7.05 Å². The van der Waals surface area contributed by atoms with E-state index in [4.69, 9.17) is 0 Å². The molecule has 1 amide bonds. The first-order chi connectivity index (χ1) is 10.0. The maximum Gasteiger partial charge on any atom is 0.246 e. The van der Waals surface area contributed by atoms with Crippen LogP contribution in [0.15, 0.2) is 18.3 Å². The van der Waals surface area contributed by atoms with Gasteiger partial charge in [0, 0.05) is 26.4 Å². The summed E-state index contributed by atoms with van der Waals surface area (Å²) in [6.45, 7) is 0. The Morgan fingerprint density at radius 3 is 2.81 bits per heavy atom. The summed E-state index contributed by atoms with van der Waals surface area (Å²) in [5.41, 5.74) is 0.832. The third-order valence-corrected chi connectivity index (χ3v) is 4.14. The molecule has 0 spiro atoms. The van der Waals surface area contributed by atoms with Crippen molar-refractivity contribution in [1.29, 1.82) is 0 Å². The molecule has 6 nitrogen and oxygen atoms in total. The lowest BCUT2D eigenvalue weighted by Crippen LogP contribution is -2.48. The van der Waals surface area contributed by atoms with Gasteiger partial charge >= 0.3 is 0 Å². The quantitative estimate of drug-likeness (QED) is 0.630. The monoisotopic (exact) mass is 293 g/mol. The fourth-order valence-corrected chi connectivity index (χ4v) is 2.71. The number of aromatic nitrogens is 2. The molecule has 1 heterocycles. The number of hydrogen-bond donors (Lipinski definition) is 2. The summed E-state index contributed by atoms with van der Waals surface area (Å²) in [5.74, 6) is -0.186. The number of likely N-dealkylation sites (N-methyl/N-ethyl adjacent to an activating group) is 1. The van der Waals surface area contributed by atoms with Gasteiger partial charge in [-0.15, -0.1) is 0 Å². The molecule has 21 heavy (non-hydrogen) atoms.